The molecule has 0 atom stereocenters. The number of hydrogen-bond donors (Lipinski definition) is 2. The average molecular weight is 401 g/mol. The first-order valence-electron chi connectivity index (χ1n) is 7.47. The Kier molecular flexibility index (Phi) is 4.87. The van der Waals surface area contributed by atoms with Crippen LogP contribution >= 0.6 is 27.7 Å². The molecule has 0 radical (unpaired) electrons. The largest absolute Gasteiger partial charge is 0.282 e. The second kappa shape index (κ2) is 6.91. The summed E-state index contributed by atoms with van der Waals surface area (Å²) in [5, 5.41) is 22.9. The van der Waals surface area contributed by atoms with Crippen LogP contribution in [0.15, 0.2) is 52.0 Å². The van der Waals surface area contributed by atoms with E-state index in [0.717, 1.165) is 26.9 Å². The minimum Gasteiger partial charge on any atom is -0.282 e. The molecule has 0 spiro atoms. The molecule has 1 aliphatic rings. The quantitative estimate of drug-likeness (QED) is 0.562. The minimum atomic E-state index is 0.224. The molecule has 2 N–H and O–H groups in total. The molecule has 122 valence electrons. The van der Waals surface area contributed by atoms with Crippen molar-refractivity contribution in [2.24, 2.45) is 5.10 Å². The molecule has 0 bridgehead atoms. The highest BCUT2D eigenvalue weighted by molar-refractivity contribution is 9.10. The van der Waals surface area contributed by atoms with Crippen LogP contribution in [0.3, 0.4) is 0 Å². The Balaban J connectivity index is 1.95. The summed E-state index contributed by atoms with van der Waals surface area (Å²) in [6.45, 7) is 4.01. The smallest absolute Gasteiger partial charge is 0.183 e. The van der Waals surface area contributed by atoms with Crippen molar-refractivity contribution in [3.63, 3.8) is 0 Å². The lowest BCUT2D eigenvalue weighted by Gasteiger charge is -2.26. The summed E-state index contributed by atoms with van der Waals surface area (Å²) in [6, 6.07) is 13.9. The van der Waals surface area contributed by atoms with E-state index in [1.54, 1.807) is 0 Å². The van der Waals surface area contributed by atoms with Gasteiger partial charge in [-0.3, -0.25) is 10.8 Å². The van der Waals surface area contributed by atoms with Gasteiger partial charge in [0.2, 0.25) is 0 Å². The minimum absolute atomic E-state index is 0.224. The molecular formula is C18H17BrN4S. The van der Waals surface area contributed by atoms with Crippen LogP contribution in [0.25, 0.3) is 0 Å². The molecule has 6 heteroatoms. The SMILES string of the molecule is Cc1ccc(C2=NN(C(=N)c3ccc(Br)cc3C)C(=N)SC2)cc1. The van der Waals surface area contributed by atoms with Gasteiger partial charge in [0.1, 0.15) is 0 Å². The van der Waals surface area contributed by atoms with E-state index in [1.807, 2.05) is 37.3 Å². The van der Waals surface area contributed by atoms with Crippen molar-refractivity contribution < 1.29 is 0 Å². The molecule has 0 aliphatic carbocycles. The van der Waals surface area contributed by atoms with Gasteiger partial charge in [-0.1, -0.05) is 57.5 Å². The summed E-state index contributed by atoms with van der Waals surface area (Å²) in [5.74, 6) is 0.868. The van der Waals surface area contributed by atoms with Gasteiger partial charge >= 0.3 is 0 Å². The number of nitrogens with zero attached hydrogens (tertiary/aromatic N) is 2. The van der Waals surface area contributed by atoms with Crippen molar-refractivity contribution in [1.29, 1.82) is 10.8 Å². The fourth-order valence-electron chi connectivity index (χ4n) is 2.44. The van der Waals surface area contributed by atoms with Gasteiger partial charge in [-0.05, 0) is 43.2 Å². The van der Waals surface area contributed by atoms with E-state index in [0.29, 0.717) is 5.75 Å². The number of halogens is 1. The van der Waals surface area contributed by atoms with E-state index in [1.165, 1.54) is 22.3 Å². The lowest BCUT2D eigenvalue weighted by Crippen LogP contribution is -2.35. The van der Waals surface area contributed by atoms with Crippen molar-refractivity contribution in [2.75, 3.05) is 5.75 Å². The summed E-state index contributed by atoms with van der Waals surface area (Å²) < 4.78 is 0.975. The number of thioether (sulfide) groups is 1. The van der Waals surface area contributed by atoms with Crippen LogP contribution in [-0.4, -0.2) is 27.5 Å². The summed E-state index contributed by atoms with van der Waals surface area (Å²) in [4.78, 5) is 0. The Hall–Kier alpha value is -1.92. The molecule has 24 heavy (non-hydrogen) atoms. The highest BCUT2D eigenvalue weighted by atomic mass is 79.9. The zero-order valence-electron chi connectivity index (χ0n) is 13.4. The normalized spacial score (nSPS) is 14.5. The molecule has 2 aromatic carbocycles. The molecule has 3 rings (SSSR count). The number of hydrogen-bond acceptors (Lipinski definition) is 4. The second-order valence-corrected chi connectivity index (χ2v) is 7.51. The first kappa shape index (κ1) is 16.9. The maximum atomic E-state index is 8.50. The van der Waals surface area contributed by atoms with Crippen molar-refractivity contribution >= 4 is 44.4 Å². The maximum Gasteiger partial charge on any atom is 0.183 e. The van der Waals surface area contributed by atoms with Crippen LogP contribution < -0.4 is 0 Å². The van der Waals surface area contributed by atoms with Gasteiger partial charge in [0.15, 0.2) is 11.0 Å². The average Bonchev–Trinajstić information content (AvgIpc) is 2.55. The third-order valence-corrected chi connectivity index (χ3v) is 5.16. The van der Waals surface area contributed by atoms with Crippen LogP contribution in [0.5, 0.6) is 0 Å². The van der Waals surface area contributed by atoms with Crippen molar-refractivity contribution in [3.8, 4) is 0 Å². The molecule has 2 aromatic rings. The van der Waals surface area contributed by atoms with Crippen LogP contribution in [0.4, 0.5) is 0 Å². The van der Waals surface area contributed by atoms with Gasteiger partial charge in [0.05, 0.1) is 5.71 Å². The zero-order chi connectivity index (χ0) is 17.3. The van der Waals surface area contributed by atoms with Gasteiger partial charge in [0.25, 0.3) is 0 Å². The Morgan fingerprint density at radius 1 is 1.17 bits per heavy atom. The van der Waals surface area contributed by atoms with Crippen LogP contribution in [0, 0.1) is 24.7 Å². The maximum absolute atomic E-state index is 8.50. The highest BCUT2D eigenvalue weighted by Gasteiger charge is 2.24. The van der Waals surface area contributed by atoms with Gasteiger partial charge in [0, 0.05) is 15.8 Å². The Bertz CT molecular complexity index is 843. The van der Waals surface area contributed by atoms with Crippen LogP contribution in [0.2, 0.25) is 0 Å². The second-order valence-electron chi connectivity index (χ2n) is 5.63. The number of aryl methyl sites for hydroxylation is 2. The fraction of sp³-hybridized carbons (Fsp3) is 0.167. The molecule has 1 aliphatic heterocycles. The molecule has 0 unspecified atom stereocenters. The van der Waals surface area contributed by atoms with Gasteiger partial charge in [-0.25, -0.2) is 0 Å². The van der Waals surface area contributed by atoms with Crippen LogP contribution in [0.1, 0.15) is 22.3 Å². The molecule has 0 amide bonds. The summed E-state index contributed by atoms with van der Waals surface area (Å²) in [7, 11) is 0. The molecule has 0 aromatic heterocycles. The van der Waals surface area contributed by atoms with E-state index >= 15 is 0 Å². The Morgan fingerprint density at radius 3 is 2.54 bits per heavy atom. The number of rotatable bonds is 2. The summed E-state index contributed by atoms with van der Waals surface area (Å²) in [5.41, 5.74) is 4.87. The predicted molar refractivity (Wildman–Crippen MR) is 105 cm³/mol. The zero-order valence-corrected chi connectivity index (χ0v) is 15.8. The van der Waals surface area contributed by atoms with Crippen molar-refractivity contribution in [1.82, 2.24) is 5.01 Å². The van der Waals surface area contributed by atoms with Gasteiger partial charge in [-0.2, -0.15) is 10.1 Å². The highest BCUT2D eigenvalue weighted by Crippen LogP contribution is 2.23. The lowest BCUT2D eigenvalue weighted by atomic mass is 10.1. The lowest BCUT2D eigenvalue weighted by molar-refractivity contribution is 0.660. The third kappa shape index (κ3) is 3.44. The number of amidine groups is 2. The van der Waals surface area contributed by atoms with Crippen molar-refractivity contribution in [2.45, 2.75) is 13.8 Å². The van der Waals surface area contributed by atoms with Gasteiger partial charge in [-0.15, -0.1) is 0 Å². The van der Waals surface area contributed by atoms with Crippen LogP contribution in [-0.2, 0) is 0 Å². The number of benzene rings is 2. The number of nitrogens with one attached hydrogen (secondary N) is 2. The molecule has 1 heterocycles. The molecule has 0 saturated carbocycles. The Morgan fingerprint density at radius 2 is 1.88 bits per heavy atom. The topological polar surface area (TPSA) is 63.3 Å². The fourth-order valence-corrected chi connectivity index (χ4v) is 3.67. The predicted octanol–water partition coefficient (Wildman–Crippen LogP) is 4.78. The van der Waals surface area contributed by atoms with E-state index < -0.39 is 0 Å². The van der Waals surface area contributed by atoms with E-state index in [9.17, 15) is 0 Å². The molecular weight excluding hydrogens is 384 g/mol. The molecule has 0 saturated heterocycles. The van der Waals surface area contributed by atoms with Crippen molar-refractivity contribution in [3.05, 3.63) is 69.2 Å². The third-order valence-electron chi connectivity index (χ3n) is 3.80. The van der Waals surface area contributed by atoms with E-state index in [2.05, 4.69) is 40.1 Å². The van der Waals surface area contributed by atoms with Gasteiger partial charge < -0.3 is 0 Å². The first-order chi connectivity index (χ1) is 11.5. The summed E-state index contributed by atoms with van der Waals surface area (Å²) in [6.07, 6.45) is 0. The molecule has 0 fully saturated rings. The summed E-state index contributed by atoms with van der Waals surface area (Å²) >= 11 is 4.83. The number of hydrazone groups is 1. The first-order valence-corrected chi connectivity index (χ1v) is 9.24. The van der Waals surface area contributed by atoms with E-state index in [-0.39, 0.29) is 11.0 Å². The molecule has 4 nitrogen and oxygen atoms in total. The van der Waals surface area contributed by atoms with E-state index in [4.69, 9.17) is 10.8 Å². The Labute approximate surface area is 154 Å². The standard InChI is InChI=1S/C18H17BrN4S/c1-11-3-5-13(6-4-11)16-10-24-18(21)23(22-16)17(20)15-8-7-14(19)9-12(15)2/h3-9,20-21H,10H2,1-2H3. The monoisotopic (exact) mass is 400 g/mol.